The molecule has 0 radical (unpaired) electrons. The smallest absolute Gasteiger partial charge is 0.451 e. The minimum Gasteiger partial charge on any atom is -0.480 e. The first-order valence-corrected chi connectivity index (χ1v) is 11.0. The van der Waals surface area contributed by atoms with Crippen molar-refractivity contribution < 1.29 is 33.1 Å². The van der Waals surface area contributed by atoms with Crippen LogP contribution in [0.15, 0.2) is 0 Å². The van der Waals surface area contributed by atoms with E-state index in [4.69, 9.17) is 20.5 Å². The molecule has 1 unspecified atom stereocenters. The van der Waals surface area contributed by atoms with E-state index < -0.39 is 34.8 Å². The molecule has 3 aliphatic heterocycles. The third kappa shape index (κ3) is 4.21. The van der Waals surface area contributed by atoms with E-state index in [1.54, 1.807) is 0 Å². The molecule has 3 heterocycles. The highest BCUT2D eigenvalue weighted by Gasteiger charge is 2.55. The largest absolute Gasteiger partial charge is 0.480 e. The van der Waals surface area contributed by atoms with E-state index in [1.165, 1.54) is 8.61 Å². The van der Waals surface area contributed by atoms with Crippen molar-refractivity contribution in [2.45, 2.75) is 43.2 Å². The summed E-state index contributed by atoms with van der Waals surface area (Å²) in [6, 6.07) is -0.449. The van der Waals surface area contributed by atoms with E-state index in [1.807, 2.05) is 0 Å². The summed E-state index contributed by atoms with van der Waals surface area (Å²) in [5, 5.41) is 30.8. The predicted molar refractivity (Wildman–Crippen MR) is 100 cm³/mol. The van der Waals surface area contributed by atoms with Gasteiger partial charge in [-0.15, -0.1) is 0 Å². The Morgan fingerprint density at radius 3 is 2.57 bits per heavy atom. The number of ether oxygens (including phenoxy) is 1. The molecule has 0 saturated carbocycles. The summed E-state index contributed by atoms with van der Waals surface area (Å²) in [7, 11) is -5.40. The molecule has 3 fully saturated rings. The van der Waals surface area contributed by atoms with E-state index >= 15 is 0 Å². The van der Waals surface area contributed by atoms with Gasteiger partial charge in [0.15, 0.2) is 0 Å². The van der Waals surface area contributed by atoms with Crippen LogP contribution in [0.1, 0.15) is 19.3 Å². The second kappa shape index (κ2) is 8.52. The van der Waals surface area contributed by atoms with Crippen molar-refractivity contribution in [1.82, 2.24) is 13.9 Å². The number of rotatable bonds is 9. The van der Waals surface area contributed by atoms with Gasteiger partial charge in [-0.2, -0.15) is 17.0 Å². The molecule has 13 heteroatoms. The van der Waals surface area contributed by atoms with Crippen molar-refractivity contribution in [1.29, 1.82) is 0 Å². The fraction of sp³-hybridized carbons (Fsp3) is 0.933. The number of hydrogen-bond donors (Lipinski definition) is 5. The molecule has 0 amide bonds. The Balaban J connectivity index is 1.79. The Kier molecular flexibility index (Phi) is 6.66. The normalized spacial score (nSPS) is 32.0. The van der Waals surface area contributed by atoms with Crippen LogP contribution in [-0.2, 0) is 19.7 Å². The zero-order valence-electron chi connectivity index (χ0n) is 15.7. The lowest BCUT2D eigenvalue weighted by Gasteiger charge is -2.41. The summed E-state index contributed by atoms with van der Waals surface area (Å²) in [6.45, 7) is 1.62. The molecule has 0 bridgehead atoms. The Morgan fingerprint density at radius 1 is 1.36 bits per heavy atom. The zero-order chi connectivity index (χ0) is 20.5. The first kappa shape index (κ1) is 21.9. The standard InChI is InChI=1S/C15H29BN4O7S/c17-15(14(21)22)10-19(8-11(15)2-1-4-16(23)24)28(25,26)20(13-6-18-7-13)12-3-5-27-9-12/h11-13,18,23-24H,1-10,17H2,(H,21,22)/t11-,12?,15-/m0/s1. The summed E-state index contributed by atoms with van der Waals surface area (Å²) in [5.74, 6) is -1.86. The minimum atomic E-state index is -3.92. The fourth-order valence-corrected chi connectivity index (χ4v) is 6.27. The fourth-order valence-electron chi connectivity index (χ4n) is 4.19. The van der Waals surface area contributed by atoms with Gasteiger partial charge < -0.3 is 30.9 Å². The van der Waals surface area contributed by atoms with Gasteiger partial charge in [0.25, 0.3) is 10.2 Å². The summed E-state index contributed by atoms with van der Waals surface area (Å²) in [4.78, 5) is 11.8. The number of carboxylic acid groups (broad SMARTS) is 1. The Bertz CT molecular complexity index is 671. The lowest BCUT2D eigenvalue weighted by Crippen LogP contribution is -2.64. The number of nitrogens with two attached hydrogens (primary N) is 1. The monoisotopic (exact) mass is 420 g/mol. The SMILES string of the molecule is N[C@@]1(C(=O)O)CN(S(=O)(=O)N(C2CNC2)C2CCOC2)C[C@@H]1CCCB(O)O. The third-order valence-corrected chi connectivity index (χ3v) is 8.04. The van der Waals surface area contributed by atoms with Crippen LogP contribution in [0, 0.1) is 5.92 Å². The van der Waals surface area contributed by atoms with Gasteiger partial charge in [0.1, 0.15) is 5.54 Å². The molecule has 11 nitrogen and oxygen atoms in total. The second-order valence-electron chi connectivity index (χ2n) is 7.91. The second-order valence-corrected chi connectivity index (χ2v) is 9.75. The van der Waals surface area contributed by atoms with Crippen molar-refractivity contribution in [3.63, 3.8) is 0 Å². The van der Waals surface area contributed by atoms with Gasteiger partial charge in [0.05, 0.1) is 18.7 Å². The van der Waals surface area contributed by atoms with Crippen molar-refractivity contribution in [3.8, 4) is 0 Å². The van der Waals surface area contributed by atoms with Crippen LogP contribution in [0.4, 0.5) is 0 Å². The van der Waals surface area contributed by atoms with Gasteiger partial charge >= 0.3 is 13.1 Å². The quantitative estimate of drug-likeness (QED) is 0.249. The zero-order valence-corrected chi connectivity index (χ0v) is 16.6. The van der Waals surface area contributed by atoms with E-state index in [0.717, 1.165) is 0 Å². The molecule has 0 spiro atoms. The Hall–Kier alpha value is -0.795. The maximum atomic E-state index is 13.4. The predicted octanol–water partition coefficient (Wildman–Crippen LogP) is -2.74. The topological polar surface area (TPSA) is 166 Å². The van der Waals surface area contributed by atoms with Gasteiger partial charge in [-0.3, -0.25) is 4.79 Å². The van der Waals surface area contributed by atoms with Gasteiger partial charge in [-0.1, -0.05) is 6.42 Å². The molecular weight excluding hydrogens is 391 g/mol. The number of carbonyl (C=O) groups is 1. The number of aliphatic carboxylic acids is 1. The summed E-state index contributed by atoms with van der Waals surface area (Å²) < 4.78 is 34.9. The van der Waals surface area contributed by atoms with Crippen LogP contribution in [0.2, 0.25) is 6.32 Å². The molecule has 0 aliphatic carbocycles. The molecule has 3 saturated heterocycles. The van der Waals surface area contributed by atoms with E-state index in [9.17, 15) is 18.3 Å². The number of hydrogen-bond acceptors (Lipinski definition) is 8. The molecular formula is C15H29BN4O7S. The molecule has 160 valence electrons. The molecule has 28 heavy (non-hydrogen) atoms. The molecule has 3 rings (SSSR count). The summed E-state index contributed by atoms with van der Waals surface area (Å²) in [5.41, 5.74) is 4.43. The van der Waals surface area contributed by atoms with Gasteiger partial charge in [0, 0.05) is 38.7 Å². The number of nitrogens with zero attached hydrogens (tertiary/aromatic N) is 2. The Morgan fingerprint density at radius 2 is 2.07 bits per heavy atom. The Labute approximate surface area is 165 Å². The molecule has 0 aromatic rings. The van der Waals surface area contributed by atoms with Crippen molar-refractivity contribution >= 4 is 23.3 Å². The lowest BCUT2D eigenvalue weighted by molar-refractivity contribution is -0.144. The van der Waals surface area contributed by atoms with Gasteiger partial charge in [0.2, 0.25) is 0 Å². The molecule has 0 aromatic heterocycles. The first-order valence-electron chi connectivity index (χ1n) is 9.61. The molecule has 3 atom stereocenters. The van der Waals surface area contributed by atoms with Crippen LogP contribution in [0.3, 0.4) is 0 Å². The van der Waals surface area contributed by atoms with Crippen LogP contribution >= 0.6 is 0 Å². The van der Waals surface area contributed by atoms with Crippen LogP contribution in [0.25, 0.3) is 0 Å². The molecule has 0 aromatic carbocycles. The average molecular weight is 420 g/mol. The van der Waals surface area contributed by atoms with Gasteiger partial charge in [-0.25, -0.2) is 0 Å². The maximum absolute atomic E-state index is 13.4. The minimum absolute atomic E-state index is 0.00309. The summed E-state index contributed by atoms with van der Waals surface area (Å²) >= 11 is 0. The number of nitrogens with one attached hydrogen (secondary N) is 1. The highest BCUT2D eigenvalue weighted by molar-refractivity contribution is 7.86. The first-order chi connectivity index (χ1) is 13.2. The van der Waals surface area contributed by atoms with E-state index in [2.05, 4.69) is 5.32 Å². The summed E-state index contributed by atoms with van der Waals surface area (Å²) in [6.07, 6.45) is 1.32. The van der Waals surface area contributed by atoms with E-state index in [-0.39, 0.29) is 31.5 Å². The molecule has 3 aliphatic rings. The lowest BCUT2D eigenvalue weighted by atomic mass is 9.78. The van der Waals surface area contributed by atoms with Crippen LogP contribution < -0.4 is 11.1 Å². The number of carboxylic acids is 1. The molecule has 6 N–H and O–H groups in total. The maximum Gasteiger partial charge on any atom is 0.451 e. The van der Waals surface area contributed by atoms with Crippen LogP contribution in [-0.4, -0.2) is 102 Å². The van der Waals surface area contributed by atoms with Crippen molar-refractivity contribution in [2.24, 2.45) is 11.7 Å². The highest BCUT2D eigenvalue weighted by atomic mass is 32.2. The van der Waals surface area contributed by atoms with E-state index in [0.29, 0.717) is 45.6 Å². The third-order valence-electron chi connectivity index (χ3n) is 5.98. The van der Waals surface area contributed by atoms with Crippen molar-refractivity contribution in [2.75, 3.05) is 39.4 Å². The average Bonchev–Trinajstić information content (AvgIpc) is 3.19. The van der Waals surface area contributed by atoms with Crippen molar-refractivity contribution in [3.05, 3.63) is 0 Å². The van der Waals surface area contributed by atoms with Gasteiger partial charge in [-0.05, 0) is 19.2 Å². The van der Waals surface area contributed by atoms with Crippen LogP contribution in [0.5, 0.6) is 0 Å². The highest BCUT2D eigenvalue weighted by Crippen LogP contribution is 2.35.